The number of pyridine rings is 1. The summed E-state index contributed by atoms with van der Waals surface area (Å²) in [6.45, 7) is 2.12. The number of nitrogens with zero attached hydrogens (tertiary/aromatic N) is 3. The summed E-state index contributed by atoms with van der Waals surface area (Å²) in [6, 6.07) is 6.23. The number of H-pyrrole nitrogens is 1. The molecule has 0 bridgehead atoms. The van der Waals surface area contributed by atoms with Crippen molar-refractivity contribution >= 4 is 0 Å². The Labute approximate surface area is 148 Å². The second kappa shape index (κ2) is 7.14. The topological polar surface area (TPSA) is 63.3 Å². The van der Waals surface area contributed by atoms with E-state index in [0.29, 0.717) is 6.04 Å². The molecule has 0 radical (unpaired) electrons. The van der Waals surface area contributed by atoms with Crippen molar-refractivity contribution in [3.63, 3.8) is 0 Å². The van der Waals surface area contributed by atoms with Gasteiger partial charge in [0.05, 0.1) is 11.8 Å². The second-order valence-electron chi connectivity index (χ2n) is 7.11. The van der Waals surface area contributed by atoms with E-state index in [0.717, 1.165) is 51.1 Å². The minimum Gasteiger partial charge on any atom is -0.474 e. The summed E-state index contributed by atoms with van der Waals surface area (Å²) in [5, 5.41) is 6.94. The van der Waals surface area contributed by atoms with Gasteiger partial charge in [0.1, 0.15) is 6.10 Å². The van der Waals surface area contributed by atoms with Crippen LogP contribution in [0.1, 0.15) is 31.2 Å². The van der Waals surface area contributed by atoms with E-state index in [1.54, 1.807) is 6.20 Å². The van der Waals surface area contributed by atoms with Gasteiger partial charge in [0.2, 0.25) is 5.88 Å². The number of nitrogens with one attached hydrogen (secondary N) is 1. The highest BCUT2D eigenvalue weighted by Gasteiger charge is 2.51. The molecule has 3 atom stereocenters. The fraction of sp³-hybridized carbons (Fsp3) is 0.579. The Balaban J connectivity index is 1.42. The molecule has 6 heteroatoms. The summed E-state index contributed by atoms with van der Waals surface area (Å²) in [7, 11) is 1.87. The molecule has 0 spiro atoms. The van der Waals surface area contributed by atoms with Crippen LogP contribution in [0.25, 0.3) is 0 Å². The van der Waals surface area contributed by atoms with Crippen LogP contribution in [-0.4, -0.2) is 58.0 Å². The van der Waals surface area contributed by atoms with E-state index in [-0.39, 0.29) is 11.7 Å². The first-order valence-corrected chi connectivity index (χ1v) is 9.14. The maximum atomic E-state index is 6.14. The van der Waals surface area contributed by atoms with Gasteiger partial charge in [-0.3, -0.25) is 10.00 Å². The molecule has 0 amide bonds. The van der Waals surface area contributed by atoms with Crippen LogP contribution >= 0.6 is 0 Å². The average molecular weight is 342 g/mol. The molecule has 0 unspecified atom stereocenters. The number of hydrogen-bond acceptors (Lipinski definition) is 5. The number of aromatic nitrogens is 3. The van der Waals surface area contributed by atoms with E-state index in [4.69, 9.17) is 9.47 Å². The summed E-state index contributed by atoms with van der Waals surface area (Å²) in [6.07, 6.45) is 11.1. The van der Waals surface area contributed by atoms with Gasteiger partial charge in [-0.15, -0.1) is 0 Å². The highest BCUT2D eigenvalue weighted by molar-refractivity contribution is 5.12. The number of likely N-dealkylation sites (tertiary alicyclic amines) is 1. The van der Waals surface area contributed by atoms with Crippen LogP contribution in [0.5, 0.6) is 5.88 Å². The van der Waals surface area contributed by atoms with Gasteiger partial charge in [0, 0.05) is 51.1 Å². The van der Waals surface area contributed by atoms with Crippen molar-refractivity contribution in [2.75, 3.05) is 20.2 Å². The average Bonchev–Trinajstić information content (AvgIpc) is 3.29. The fourth-order valence-corrected chi connectivity index (χ4v) is 4.41. The molecule has 1 aliphatic carbocycles. The molecule has 4 rings (SSSR count). The van der Waals surface area contributed by atoms with Gasteiger partial charge in [-0.25, -0.2) is 4.98 Å². The normalized spacial score (nSPS) is 29.5. The third-order valence-electron chi connectivity index (χ3n) is 5.82. The van der Waals surface area contributed by atoms with Crippen LogP contribution in [0.2, 0.25) is 0 Å². The molecule has 1 saturated heterocycles. The molecule has 1 aliphatic heterocycles. The van der Waals surface area contributed by atoms with Crippen LogP contribution < -0.4 is 4.74 Å². The second-order valence-corrected chi connectivity index (χ2v) is 7.11. The minimum atomic E-state index is -0.0135. The highest BCUT2D eigenvalue weighted by atomic mass is 16.5. The van der Waals surface area contributed by atoms with Gasteiger partial charge >= 0.3 is 0 Å². The summed E-state index contributed by atoms with van der Waals surface area (Å²) in [5.41, 5.74) is 1.24. The summed E-state index contributed by atoms with van der Waals surface area (Å²) >= 11 is 0. The molecule has 2 aromatic heterocycles. The van der Waals surface area contributed by atoms with E-state index in [9.17, 15) is 0 Å². The molecule has 2 aliphatic rings. The molecule has 1 N–H and O–H groups in total. The number of rotatable bonds is 6. The Morgan fingerprint density at radius 2 is 2.32 bits per heavy atom. The maximum Gasteiger partial charge on any atom is 0.213 e. The third kappa shape index (κ3) is 3.41. The van der Waals surface area contributed by atoms with Crippen molar-refractivity contribution in [1.82, 2.24) is 20.1 Å². The number of aromatic amines is 1. The largest absolute Gasteiger partial charge is 0.474 e. The SMILES string of the molecule is CO[C@@]12CC[C@H](Oc3ccccn3)C[C@@H]1N(CCc1cn[nH]c1)CC2. The molecule has 3 heterocycles. The minimum absolute atomic E-state index is 0.0135. The van der Waals surface area contributed by atoms with E-state index in [2.05, 4.69) is 20.1 Å². The number of hydrogen-bond donors (Lipinski definition) is 1. The van der Waals surface area contributed by atoms with Gasteiger partial charge in [-0.05, 0) is 37.3 Å². The van der Waals surface area contributed by atoms with Gasteiger partial charge in [-0.2, -0.15) is 5.10 Å². The Morgan fingerprint density at radius 3 is 3.08 bits per heavy atom. The Hall–Kier alpha value is -1.92. The fourth-order valence-electron chi connectivity index (χ4n) is 4.41. The number of ether oxygens (including phenoxy) is 2. The molecular weight excluding hydrogens is 316 g/mol. The van der Waals surface area contributed by atoms with Crippen LogP contribution in [0.15, 0.2) is 36.8 Å². The number of methoxy groups -OCH3 is 1. The molecule has 6 nitrogen and oxygen atoms in total. The maximum absolute atomic E-state index is 6.14. The summed E-state index contributed by atoms with van der Waals surface area (Å²) < 4.78 is 12.2. The van der Waals surface area contributed by atoms with Crippen molar-refractivity contribution in [2.24, 2.45) is 0 Å². The summed E-state index contributed by atoms with van der Waals surface area (Å²) in [5.74, 6) is 0.723. The van der Waals surface area contributed by atoms with Crippen LogP contribution in [-0.2, 0) is 11.2 Å². The van der Waals surface area contributed by atoms with E-state index in [1.807, 2.05) is 37.7 Å². The van der Waals surface area contributed by atoms with Crippen LogP contribution in [0.4, 0.5) is 0 Å². The summed E-state index contributed by atoms with van der Waals surface area (Å²) in [4.78, 5) is 6.88. The first kappa shape index (κ1) is 16.5. The lowest BCUT2D eigenvalue weighted by Crippen LogP contribution is -2.52. The van der Waals surface area contributed by atoms with E-state index >= 15 is 0 Å². The quantitative estimate of drug-likeness (QED) is 0.873. The molecule has 2 aromatic rings. The van der Waals surface area contributed by atoms with E-state index in [1.165, 1.54) is 5.56 Å². The smallest absolute Gasteiger partial charge is 0.213 e. The highest BCUT2D eigenvalue weighted by Crippen LogP contribution is 2.43. The third-order valence-corrected chi connectivity index (χ3v) is 5.82. The Kier molecular flexibility index (Phi) is 4.72. The van der Waals surface area contributed by atoms with Gasteiger partial charge in [0.25, 0.3) is 0 Å². The van der Waals surface area contributed by atoms with Crippen LogP contribution in [0, 0.1) is 0 Å². The van der Waals surface area contributed by atoms with Gasteiger partial charge < -0.3 is 9.47 Å². The first-order chi connectivity index (χ1) is 12.3. The standard InChI is InChI=1S/C19H26N4O2/c1-24-19-7-5-16(25-18-4-2-3-9-20-18)12-17(19)23(11-8-19)10-6-15-13-21-22-14-15/h2-4,9,13-14,16-17H,5-8,10-12H2,1H3,(H,21,22)/t16-,17-,19+/m0/s1. The Morgan fingerprint density at radius 1 is 1.36 bits per heavy atom. The van der Waals surface area contributed by atoms with Crippen molar-refractivity contribution in [3.05, 3.63) is 42.4 Å². The number of fused-ring (bicyclic) bond motifs is 1. The van der Waals surface area contributed by atoms with Gasteiger partial charge in [0.15, 0.2) is 0 Å². The zero-order chi connectivity index (χ0) is 17.1. The molecular formula is C19H26N4O2. The molecule has 25 heavy (non-hydrogen) atoms. The van der Waals surface area contributed by atoms with Crippen molar-refractivity contribution in [2.45, 2.75) is 49.9 Å². The van der Waals surface area contributed by atoms with Crippen LogP contribution in [0.3, 0.4) is 0 Å². The lowest BCUT2D eigenvalue weighted by atomic mass is 9.79. The van der Waals surface area contributed by atoms with Gasteiger partial charge in [-0.1, -0.05) is 6.07 Å². The lowest BCUT2D eigenvalue weighted by molar-refractivity contribution is -0.0830. The van der Waals surface area contributed by atoms with Crippen molar-refractivity contribution in [1.29, 1.82) is 0 Å². The first-order valence-electron chi connectivity index (χ1n) is 9.14. The molecule has 134 valence electrons. The predicted molar refractivity (Wildman–Crippen MR) is 94.5 cm³/mol. The monoisotopic (exact) mass is 342 g/mol. The molecule has 1 saturated carbocycles. The van der Waals surface area contributed by atoms with Crippen molar-refractivity contribution < 1.29 is 9.47 Å². The molecule has 0 aromatic carbocycles. The zero-order valence-electron chi connectivity index (χ0n) is 14.7. The van der Waals surface area contributed by atoms with Crippen molar-refractivity contribution in [3.8, 4) is 5.88 Å². The van der Waals surface area contributed by atoms with E-state index < -0.39 is 0 Å². The predicted octanol–water partition coefficient (Wildman–Crippen LogP) is 2.44. The lowest BCUT2D eigenvalue weighted by Gasteiger charge is -2.43. The zero-order valence-corrected chi connectivity index (χ0v) is 14.7. The molecule has 2 fully saturated rings. The Bertz CT molecular complexity index is 663.